The van der Waals surface area contributed by atoms with Crippen LogP contribution in [0.15, 0.2) is 48.5 Å². The molecule has 1 N–H and O–H groups in total. The summed E-state index contributed by atoms with van der Waals surface area (Å²) in [5, 5.41) is 2.86. The molecule has 1 heterocycles. The Hall–Kier alpha value is -2.73. The molecule has 0 spiro atoms. The van der Waals surface area contributed by atoms with Crippen molar-refractivity contribution in [3.63, 3.8) is 0 Å². The molecule has 4 nitrogen and oxygen atoms in total. The van der Waals surface area contributed by atoms with Crippen molar-refractivity contribution in [3.05, 3.63) is 71.3 Å². The summed E-state index contributed by atoms with van der Waals surface area (Å²) in [6.45, 7) is 7.64. The second kappa shape index (κ2) is 9.18. The summed E-state index contributed by atoms with van der Waals surface area (Å²) in [5.41, 5.74) is 2.08. The molecule has 6 heteroatoms. The van der Waals surface area contributed by atoms with Crippen molar-refractivity contribution >= 4 is 17.7 Å². The van der Waals surface area contributed by atoms with E-state index in [9.17, 15) is 13.6 Å². The molecule has 3 atom stereocenters. The van der Waals surface area contributed by atoms with Gasteiger partial charge < -0.3 is 15.0 Å². The minimum absolute atomic E-state index is 0.0327. The van der Waals surface area contributed by atoms with Crippen LogP contribution in [0, 0.1) is 11.6 Å². The molecule has 0 radical (unpaired) electrons. The first-order valence-corrected chi connectivity index (χ1v) is 9.76. The van der Waals surface area contributed by atoms with E-state index >= 15 is 0 Å². The number of morpholine rings is 1. The van der Waals surface area contributed by atoms with Crippen LogP contribution in [-0.4, -0.2) is 31.2 Å². The molecular weight excluding hydrogens is 374 g/mol. The van der Waals surface area contributed by atoms with Crippen LogP contribution in [0.1, 0.15) is 37.9 Å². The molecule has 2 aromatic carbocycles. The predicted octanol–water partition coefficient (Wildman–Crippen LogP) is 4.47. The van der Waals surface area contributed by atoms with Crippen LogP contribution in [0.4, 0.5) is 14.5 Å². The highest BCUT2D eigenvalue weighted by Crippen LogP contribution is 2.24. The van der Waals surface area contributed by atoms with Crippen LogP contribution in [0.2, 0.25) is 0 Å². The summed E-state index contributed by atoms with van der Waals surface area (Å²) >= 11 is 0. The van der Waals surface area contributed by atoms with Gasteiger partial charge in [-0.2, -0.15) is 0 Å². The molecule has 1 aliphatic heterocycles. The van der Waals surface area contributed by atoms with Crippen LogP contribution in [0.3, 0.4) is 0 Å². The van der Waals surface area contributed by atoms with Gasteiger partial charge >= 0.3 is 0 Å². The topological polar surface area (TPSA) is 41.6 Å². The fourth-order valence-corrected chi connectivity index (χ4v) is 3.53. The smallest absolute Gasteiger partial charge is 0.244 e. The molecule has 154 valence electrons. The largest absolute Gasteiger partial charge is 0.372 e. The molecule has 0 saturated carbocycles. The molecular formula is C23H26F2N2O2. The van der Waals surface area contributed by atoms with Crippen molar-refractivity contribution in [2.24, 2.45) is 0 Å². The van der Waals surface area contributed by atoms with Crippen LogP contribution in [-0.2, 0) is 9.53 Å². The first kappa shape index (κ1) is 21.0. The first-order chi connectivity index (χ1) is 13.8. The lowest BCUT2D eigenvalue weighted by atomic mass is 10.1. The van der Waals surface area contributed by atoms with Gasteiger partial charge in [-0.25, -0.2) is 8.78 Å². The van der Waals surface area contributed by atoms with Crippen molar-refractivity contribution in [1.29, 1.82) is 0 Å². The second-order valence-corrected chi connectivity index (χ2v) is 7.49. The number of carbonyl (C=O) groups is 1. The SMILES string of the molecule is C[C@@H]1CN(c2cccc([C@@H](C)NC(=O)C=Cc3cc(F)ccc3F)c2)C[C@H](C)O1. The third kappa shape index (κ3) is 5.64. The predicted molar refractivity (Wildman–Crippen MR) is 111 cm³/mol. The Morgan fingerprint density at radius 2 is 1.90 bits per heavy atom. The van der Waals surface area contributed by atoms with Gasteiger partial charge in [0.2, 0.25) is 5.91 Å². The molecule has 1 amide bonds. The van der Waals surface area contributed by atoms with Crippen molar-refractivity contribution in [2.75, 3.05) is 18.0 Å². The first-order valence-electron chi connectivity index (χ1n) is 9.76. The summed E-state index contributed by atoms with van der Waals surface area (Å²) in [5.74, 6) is -1.51. The molecule has 1 saturated heterocycles. The number of hydrogen-bond acceptors (Lipinski definition) is 3. The maximum Gasteiger partial charge on any atom is 0.244 e. The van der Waals surface area contributed by atoms with E-state index in [0.29, 0.717) is 0 Å². The molecule has 29 heavy (non-hydrogen) atoms. The average molecular weight is 400 g/mol. The van der Waals surface area contributed by atoms with Crippen molar-refractivity contribution < 1.29 is 18.3 Å². The molecule has 0 aromatic heterocycles. The molecule has 0 bridgehead atoms. The van der Waals surface area contributed by atoms with Crippen molar-refractivity contribution in [2.45, 2.75) is 39.0 Å². The van der Waals surface area contributed by atoms with E-state index in [1.807, 2.05) is 19.1 Å². The van der Waals surface area contributed by atoms with Gasteiger partial charge in [0.05, 0.1) is 18.2 Å². The van der Waals surface area contributed by atoms with Gasteiger partial charge in [-0.05, 0) is 62.7 Å². The van der Waals surface area contributed by atoms with Crippen LogP contribution >= 0.6 is 0 Å². The van der Waals surface area contributed by atoms with Crippen LogP contribution in [0.25, 0.3) is 6.08 Å². The van der Waals surface area contributed by atoms with E-state index in [0.717, 1.165) is 42.5 Å². The van der Waals surface area contributed by atoms with E-state index in [1.54, 1.807) is 0 Å². The highest BCUT2D eigenvalue weighted by atomic mass is 19.1. The molecule has 2 aromatic rings. The lowest BCUT2D eigenvalue weighted by Gasteiger charge is -2.37. The lowest BCUT2D eigenvalue weighted by Crippen LogP contribution is -2.45. The Bertz CT molecular complexity index is 890. The number of ether oxygens (including phenoxy) is 1. The molecule has 1 fully saturated rings. The Morgan fingerprint density at radius 1 is 1.17 bits per heavy atom. The Kier molecular flexibility index (Phi) is 6.64. The summed E-state index contributed by atoms with van der Waals surface area (Å²) in [4.78, 5) is 14.5. The Morgan fingerprint density at radius 3 is 2.62 bits per heavy atom. The molecule has 1 aliphatic rings. The number of benzene rings is 2. The third-order valence-electron chi connectivity index (χ3n) is 4.89. The quantitative estimate of drug-likeness (QED) is 0.753. The number of amides is 1. The van der Waals surface area contributed by atoms with Crippen molar-refractivity contribution in [1.82, 2.24) is 5.32 Å². The zero-order valence-electron chi connectivity index (χ0n) is 16.9. The van der Waals surface area contributed by atoms with Gasteiger partial charge in [0.15, 0.2) is 0 Å². The molecule has 3 rings (SSSR count). The monoisotopic (exact) mass is 400 g/mol. The van der Waals surface area contributed by atoms with E-state index in [4.69, 9.17) is 4.74 Å². The standard InChI is InChI=1S/C23H26F2N2O2/c1-15-13-27(14-16(2)29-15)21-6-4-5-18(12-21)17(3)26-23(28)10-7-19-11-20(24)8-9-22(19)25/h4-12,15-17H,13-14H2,1-3H3,(H,26,28)/t15-,16+,17-/m1/s1. The number of hydrogen-bond donors (Lipinski definition) is 1. The zero-order chi connectivity index (χ0) is 21.0. The minimum atomic E-state index is -0.579. The Balaban J connectivity index is 1.66. The van der Waals surface area contributed by atoms with Crippen LogP contribution in [0.5, 0.6) is 0 Å². The summed E-state index contributed by atoms with van der Waals surface area (Å²) in [7, 11) is 0. The number of anilines is 1. The second-order valence-electron chi connectivity index (χ2n) is 7.49. The van der Waals surface area contributed by atoms with Gasteiger partial charge in [0.25, 0.3) is 0 Å². The molecule has 0 aliphatic carbocycles. The molecule has 0 unspecified atom stereocenters. The van der Waals surface area contributed by atoms with E-state index in [-0.39, 0.29) is 29.7 Å². The van der Waals surface area contributed by atoms with Crippen LogP contribution < -0.4 is 10.2 Å². The minimum Gasteiger partial charge on any atom is -0.372 e. The van der Waals surface area contributed by atoms with E-state index < -0.39 is 11.6 Å². The highest BCUT2D eigenvalue weighted by Gasteiger charge is 2.22. The van der Waals surface area contributed by atoms with E-state index in [1.165, 1.54) is 12.2 Å². The van der Waals surface area contributed by atoms with E-state index in [2.05, 4.69) is 36.2 Å². The van der Waals surface area contributed by atoms with Crippen molar-refractivity contribution in [3.8, 4) is 0 Å². The summed E-state index contributed by atoms with van der Waals surface area (Å²) < 4.78 is 32.7. The number of rotatable bonds is 5. The van der Waals surface area contributed by atoms with Gasteiger partial charge in [-0.3, -0.25) is 4.79 Å². The number of nitrogens with one attached hydrogen (secondary N) is 1. The van der Waals surface area contributed by atoms with Gasteiger partial charge in [-0.1, -0.05) is 12.1 Å². The Labute approximate surface area is 170 Å². The number of halogens is 2. The fraction of sp³-hybridized carbons (Fsp3) is 0.348. The third-order valence-corrected chi connectivity index (χ3v) is 4.89. The fourth-order valence-electron chi connectivity index (χ4n) is 3.53. The van der Waals surface area contributed by atoms with Gasteiger partial charge in [0, 0.05) is 30.4 Å². The number of carbonyl (C=O) groups excluding carboxylic acids is 1. The zero-order valence-corrected chi connectivity index (χ0v) is 16.9. The lowest BCUT2D eigenvalue weighted by molar-refractivity contribution is -0.117. The normalized spacial score (nSPS) is 20.7. The summed E-state index contributed by atoms with van der Waals surface area (Å²) in [6.07, 6.45) is 2.80. The highest BCUT2D eigenvalue weighted by molar-refractivity contribution is 5.92. The van der Waals surface area contributed by atoms with Gasteiger partial charge in [0.1, 0.15) is 11.6 Å². The summed E-state index contributed by atoms with van der Waals surface area (Å²) in [6, 6.07) is 10.9. The number of nitrogens with zero attached hydrogens (tertiary/aromatic N) is 1. The maximum atomic E-state index is 13.7. The average Bonchev–Trinajstić information content (AvgIpc) is 2.68. The maximum absolute atomic E-state index is 13.7. The van der Waals surface area contributed by atoms with Gasteiger partial charge in [-0.15, -0.1) is 0 Å².